The van der Waals surface area contributed by atoms with Gasteiger partial charge in [0.05, 0.1) is 11.3 Å². The molecule has 1 heterocycles. The Balaban J connectivity index is 1.71. The molecule has 0 saturated carbocycles. The molecule has 0 aliphatic rings. The quantitative estimate of drug-likeness (QED) is 0.469. The van der Waals surface area contributed by atoms with Gasteiger partial charge in [-0.3, -0.25) is 0 Å². The van der Waals surface area contributed by atoms with Crippen LogP contribution in [0.3, 0.4) is 0 Å². The lowest BCUT2D eigenvalue weighted by molar-refractivity contribution is -0.139. The SMILES string of the molecule is C=Cc1cc(OCC(=O)O)c(C)cc1OCc1nc(-c2ccc(C(F)(F)F)cc2)cs1. The second-order valence-electron chi connectivity index (χ2n) is 6.53. The predicted molar refractivity (Wildman–Crippen MR) is 111 cm³/mol. The zero-order chi connectivity index (χ0) is 22.6. The Morgan fingerprint density at radius 1 is 1.19 bits per heavy atom. The normalized spacial score (nSPS) is 11.2. The molecule has 0 fully saturated rings. The number of alkyl halides is 3. The molecule has 162 valence electrons. The van der Waals surface area contributed by atoms with Crippen molar-refractivity contribution in [2.24, 2.45) is 0 Å². The maximum Gasteiger partial charge on any atom is 0.416 e. The largest absolute Gasteiger partial charge is 0.486 e. The van der Waals surface area contributed by atoms with Crippen molar-refractivity contribution in [2.75, 3.05) is 6.61 Å². The Bertz CT molecular complexity index is 1090. The number of carboxylic acid groups (broad SMARTS) is 1. The van der Waals surface area contributed by atoms with E-state index >= 15 is 0 Å². The number of thiazole rings is 1. The Kier molecular flexibility index (Phi) is 6.65. The fourth-order valence-electron chi connectivity index (χ4n) is 2.74. The summed E-state index contributed by atoms with van der Waals surface area (Å²) in [6, 6.07) is 8.19. The number of aryl methyl sites for hydroxylation is 1. The molecule has 5 nitrogen and oxygen atoms in total. The van der Waals surface area contributed by atoms with E-state index in [1.54, 1.807) is 30.5 Å². The molecule has 0 unspecified atom stereocenters. The van der Waals surface area contributed by atoms with Crippen molar-refractivity contribution in [2.45, 2.75) is 19.7 Å². The number of halogens is 3. The number of hydrogen-bond acceptors (Lipinski definition) is 5. The van der Waals surface area contributed by atoms with Crippen LogP contribution in [0.5, 0.6) is 11.5 Å². The molecule has 31 heavy (non-hydrogen) atoms. The minimum absolute atomic E-state index is 0.154. The fourth-order valence-corrected chi connectivity index (χ4v) is 3.45. The molecule has 1 aromatic heterocycles. The zero-order valence-electron chi connectivity index (χ0n) is 16.4. The Morgan fingerprint density at radius 2 is 1.90 bits per heavy atom. The summed E-state index contributed by atoms with van der Waals surface area (Å²) >= 11 is 1.33. The van der Waals surface area contributed by atoms with E-state index in [-0.39, 0.29) is 6.61 Å². The van der Waals surface area contributed by atoms with Crippen LogP contribution in [-0.4, -0.2) is 22.7 Å². The van der Waals surface area contributed by atoms with Gasteiger partial charge in [-0.25, -0.2) is 9.78 Å². The molecule has 1 N–H and O–H groups in total. The minimum Gasteiger partial charge on any atom is -0.486 e. The average Bonchev–Trinajstić information content (AvgIpc) is 3.20. The lowest BCUT2D eigenvalue weighted by Crippen LogP contribution is -2.10. The highest BCUT2D eigenvalue weighted by molar-refractivity contribution is 7.09. The fraction of sp³-hybridized carbons (Fsp3) is 0.182. The van der Waals surface area contributed by atoms with Gasteiger partial charge < -0.3 is 14.6 Å². The van der Waals surface area contributed by atoms with E-state index in [1.165, 1.54) is 23.5 Å². The number of benzene rings is 2. The Labute approximate surface area is 180 Å². The van der Waals surface area contributed by atoms with Crippen molar-refractivity contribution in [3.63, 3.8) is 0 Å². The van der Waals surface area contributed by atoms with E-state index in [2.05, 4.69) is 11.6 Å². The molecular weight excluding hydrogens is 431 g/mol. The van der Waals surface area contributed by atoms with E-state index in [4.69, 9.17) is 14.6 Å². The highest BCUT2D eigenvalue weighted by Gasteiger charge is 2.30. The van der Waals surface area contributed by atoms with Gasteiger partial charge in [0.15, 0.2) is 6.61 Å². The van der Waals surface area contributed by atoms with Crippen LogP contribution in [-0.2, 0) is 17.6 Å². The zero-order valence-corrected chi connectivity index (χ0v) is 17.2. The van der Waals surface area contributed by atoms with Crippen LogP contribution >= 0.6 is 11.3 Å². The van der Waals surface area contributed by atoms with Crippen molar-refractivity contribution in [3.05, 3.63) is 70.1 Å². The molecule has 0 aliphatic carbocycles. The molecule has 0 bridgehead atoms. The number of ether oxygens (including phenoxy) is 2. The first-order chi connectivity index (χ1) is 14.7. The lowest BCUT2D eigenvalue weighted by Gasteiger charge is -2.13. The van der Waals surface area contributed by atoms with E-state index < -0.39 is 24.3 Å². The molecule has 2 aromatic carbocycles. The van der Waals surface area contributed by atoms with Crippen LogP contribution in [0.4, 0.5) is 13.2 Å². The van der Waals surface area contributed by atoms with Gasteiger partial charge in [-0.2, -0.15) is 13.2 Å². The summed E-state index contributed by atoms with van der Waals surface area (Å²) in [5.41, 5.74) is 1.77. The number of aromatic nitrogens is 1. The minimum atomic E-state index is -4.38. The number of hydrogen-bond donors (Lipinski definition) is 1. The number of carboxylic acids is 1. The lowest BCUT2D eigenvalue weighted by atomic mass is 10.1. The van der Waals surface area contributed by atoms with Gasteiger partial charge in [-0.15, -0.1) is 11.3 Å². The smallest absolute Gasteiger partial charge is 0.416 e. The van der Waals surface area contributed by atoms with Gasteiger partial charge in [-0.05, 0) is 36.8 Å². The van der Waals surface area contributed by atoms with Gasteiger partial charge in [0.25, 0.3) is 0 Å². The van der Waals surface area contributed by atoms with E-state index in [1.807, 2.05) is 0 Å². The third-order valence-electron chi connectivity index (χ3n) is 4.29. The van der Waals surface area contributed by atoms with Gasteiger partial charge in [-0.1, -0.05) is 24.8 Å². The summed E-state index contributed by atoms with van der Waals surface area (Å²) in [5, 5.41) is 11.2. The molecule has 0 atom stereocenters. The summed E-state index contributed by atoms with van der Waals surface area (Å²) in [5.74, 6) is -0.127. The van der Waals surface area contributed by atoms with Gasteiger partial charge in [0.2, 0.25) is 0 Å². The van der Waals surface area contributed by atoms with Crippen LogP contribution in [0.25, 0.3) is 17.3 Å². The second kappa shape index (κ2) is 9.22. The Morgan fingerprint density at radius 3 is 2.52 bits per heavy atom. The van der Waals surface area contributed by atoms with Crippen molar-refractivity contribution < 1.29 is 32.5 Å². The summed E-state index contributed by atoms with van der Waals surface area (Å²) in [6.07, 6.45) is -2.81. The maximum absolute atomic E-state index is 12.7. The van der Waals surface area contributed by atoms with Crippen LogP contribution in [0.1, 0.15) is 21.7 Å². The van der Waals surface area contributed by atoms with Crippen molar-refractivity contribution in [1.29, 1.82) is 0 Å². The van der Waals surface area contributed by atoms with Gasteiger partial charge in [0, 0.05) is 16.5 Å². The van der Waals surface area contributed by atoms with E-state index in [0.29, 0.717) is 38.9 Å². The maximum atomic E-state index is 12.7. The highest BCUT2D eigenvalue weighted by atomic mass is 32.1. The predicted octanol–water partition coefficient (Wildman–Crippen LogP) is 5.82. The molecule has 0 radical (unpaired) electrons. The van der Waals surface area contributed by atoms with Gasteiger partial charge in [0.1, 0.15) is 23.1 Å². The number of aliphatic carboxylic acids is 1. The summed E-state index contributed by atoms with van der Waals surface area (Å²) in [6.45, 7) is 5.20. The second-order valence-corrected chi connectivity index (χ2v) is 7.47. The first kappa shape index (κ1) is 22.4. The van der Waals surface area contributed by atoms with Crippen LogP contribution in [0.2, 0.25) is 0 Å². The standard InChI is InChI=1S/C22H18F3NO4S/c1-3-14-9-18(30-11-21(27)28)13(2)8-19(14)29-10-20-26-17(12-31-20)15-4-6-16(7-5-15)22(23,24)25/h3-9,12H,1,10-11H2,2H3,(H,27,28). The van der Waals surface area contributed by atoms with Crippen molar-refractivity contribution >= 4 is 23.4 Å². The molecular formula is C22H18F3NO4S. The third kappa shape index (κ3) is 5.64. The topological polar surface area (TPSA) is 68.7 Å². The van der Waals surface area contributed by atoms with Crippen molar-refractivity contribution in [1.82, 2.24) is 4.98 Å². The molecule has 0 amide bonds. The Hall–Kier alpha value is -3.33. The highest BCUT2D eigenvalue weighted by Crippen LogP contribution is 2.32. The number of carbonyl (C=O) groups is 1. The first-order valence-corrected chi connectivity index (χ1v) is 9.92. The average molecular weight is 449 g/mol. The number of nitrogens with zero attached hydrogens (tertiary/aromatic N) is 1. The molecule has 3 rings (SSSR count). The number of rotatable bonds is 8. The summed E-state index contributed by atoms with van der Waals surface area (Å²) < 4.78 is 49.2. The van der Waals surface area contributed by atoms with Crippen LogP contribution in [0, 0.1) is 6.92 Å². The summed E-state index contributed by atoms with van der Waals surface area (Å²) in [4.78, 5) is 15.1. The van der Waals surface area contributed by atoms with Gasteiger partial charge >= 0.3 is 12.1 Å². The van der Waals surface area contributed by atoms with Crippen LogP contribution in [0.15, 0.2) is 48.4 Å². The van der Waals surface area contributed by atoms with E-state index in [0.717, 1.165) is 12.1 Å². The molecule has 3 aromatic rings. The van der Waals surface area contributed by atoms with Crippen molar-refractivity contribution in [3.8, 4) is 22.8 Å². The molecule has 0 saturated heterocycles. The monoisotopic (exact) mass is 449 g/mol. The molecule has 0 aliphatic heterocycles. The first-order valence-electron chi connectivity index (χ1n) is 9.04. The van der Waals surface area contributed by atoms with E-state index in [9.17, 15) is 18.0 Å². The molecule has 0 spiro atoms. The summed E-state index contributed by atoms with van der Waals surface area (Å²) in [7, 11) is 0. The van der Waals surface area contributed by atoms with Crippen LogP contribution < -0.4 is 9.47 Å². The molecule has 9 heteroatoms. The third-order valence-corrected chi connectivity index (χ3v) is 5.11.